The molecule has 0 aromatic carbocycles. The molecule has 1 aliphatic heterocycles. The van der Waals surface area contributed by atoms with Gasteiger partial charge in [-0.3, -0.25) is 4.40 Å². The molecule has 0 amide bonds. The molecule has 0 bridgehead atoms. The molecule has 3 rings (SSSR count). The van der Waals surface area contributed by atoms with Crippen LogP contribution in [-0.2, 0) is 0 Å². The molecule has 1 fully saturated rings. The molecule has 0 aliphatic carbocycles. The Morgan fingerprint density at radius 3 is 2.94 bits per heavy atom. The van der Waals surface area contributed by atoms with Crippen LogP contribution in [0.25, 0.3) is 5.65 Å². The molecule has 1 aliphatic rings. The van der Waals surface area contributed by atoms with Crippen LogP contribution in [0.1, 0.15) is 24.4 Å². The van der Waals surface area contributed by atoms with Crippen LogP contribution in [0.4, 0.5) is 0 Å². The summed E-state index contributed by atoms with van der Waals surface area (Å²) in [6, 6.07) is 1.96. The van der Waals surface area contributed by atoms with Crippen LogP contribution in [0.3, 0.4) is 0 Å². The molecule has 2 aromatic heterocycles. The summed E-state index contributed by atoms with van der Waals surface area (Å²) in [5, 5.41) is 11.8. The number of aromatic nitrogens is 4. The van der Waals surface area contributed by atoms with Crippen LogP contribution < -0.4 is 5.32 Å². The summed E-state index contributed by atoms with van der Waals surface area (Å²) in [5.74, 6) is 2.13. The molecule has 5 nitrogen and oxygen atoms in total. The average Bonchev–Trinajstić information content (AvgIpc) is 2.57. The van der Waals surface area contributed by atoms with Crippen LogP contribution in [0, 0.1) is 12.8 Å². The molecule has 0 spiro atoms. The lowest BCUT2D eigenvalue weighted by molar-refractivity contribution is 0.294. The first-order valence-electron chi connectivity index (χ1n) is 5.63. The van der Waals surface area contributed by atoms with Gasteiger partial charge in [-0.25, -0.2) is 4.98 Å². The van der Waals surface area contributed by atoms with Gasteiger partial charge in [-0.15, -0.1) is 10.2 Å². The standard InChI is InChI=1S/C11H15N5/c1-7-3-10-14-15-11(16(10)6-13-7)8(2)9-4-12-5-9/h3,6,8-9,12H,4-5H2,1-2H3. The van der Waals surface area contributed by atoms with Gasteiger partial charge in [0.05, 0.1) is 0 Å². The zero-order valence-corrected chi connectivity index (χ0v) is 9.51. The Morgan fingerprint density at radius 1 is 1.44 bits per heavy atom. The third-order valence-corrected chi connectivity index (χ3v) is 3.39. The van der Waals surface area contributed by atoms with Gasteiger partial charge in [-0.1, -0.05) is 6.92 Å². The minimum atomic E-state index is 0.431. The summed E-state index contributed by atoms with van der Waals surface area (Å²) < 4.78 is 2.00. The van der Waals surface area contributed by atoms with Crippen molar-refractivity contribution < 1.29 is 0 Å². The Balaban J connectivity index is 2.03. The van der Waals surface area contributed by atoms with Crippen LogP contribution in [0.5, 0.6) is 0 Å². The summed E-state index contributed by atoms with van der Waals surface area (Å²) in [6.45, 7) is 6.33. The fourth-order valence-corrected chi connectivity index (χ4v) is 2.09. The van der Waals surface area contributed by atoms with E-state index in [9.17, 15) is 0 Å². The number of rotatable bonds is 2. The highest BCUT2D eigenvalue weighted by molar-refractivity contribution is 5.38. The van der Waals surface area contributed by atoms with Crippen molar-refractivity contribution in [1.29, 1.82) is 0 Å². The molecule has 3 heterocycles. The smallest absolute Gasteiger partial charge is 0.163 e. The fraction of sp³-hybridized carbons (Fsp3) is 0.545. The van der Waals surface area contributed by atoms with Crippen LogP contribution in [-0.4, -0.2) is 32.7 Å². The number of hydrogen-bond donors (Lipinski definition) is 1. The van der Waals surface area contributed by atoms with E-state index in [1.54, 1.807) is 0 Å². The summed E-state index contributed by atoms with van der Waals surface area (Å²) in [5.41, 5.74) is 1.87. The first-order valence-corrected chi connectivity index (χ1v) is 5.63. The van der Waals surface area contributed by atoms with Crippen molar-refractivity contribution in [2.75, 3.05) is 13.1 Å². The van der Waals surface area contributed by atoms with E-state index in [0.29, 0.717) is 11.8 Å². The van der Waals surface area contributed by atoms with Gasteiger partial charge in [-0.05, 0) is 25.9 Å². The Kier molecular flexibility index (Phi) is 2.14. The first kappa shape index (κ1) is 9.72. The van der Waals surface area contributed by atoms with E-state index in [1.165, 1.54) is 0 Å². The van der Waals surface area contributed by atoms with Crippen LogP contribution >= 0.6 is 0 Å². The molecule has 1 saturated heterocycles. The lowest BCUT2D eigenvalue weighted by Crippen LogP contribution is -2.45. The van der Waals surface area contributed by atoms with Crippen molar-refractivity contribution in [3.05, 3.63) is 23.9 Å². The third-order valence-electron chi connectivity index (χ3n) is 3.39. The van der Waals surface area contributed by atoms with E-state index in [2.05, 4.69) is 27.4 Å². The highest BCUT2D eigenvalue weighted by Crippen LogP contribution is 2.25. The lowest BCUT2D eigenvalue weighted by atomic mass is 9.88. The maximum absolute atomic E-state index is 4.29. The molecular formula is C11H15N5. The predicted molar refractivity (Wildman–Crippen MR) is 60.3 cm³/mol. The average molecular weight is 217 g/mol. The zero-order valence-electron chi connectivity index (χ0n) is 9.51. The van der Waals surface area contributed by atoms with Crippen molar-refractivity contribution in [1.82, 2.24) is 24.9 Å². The van der Waals surface area contributed by atoms with Crippen LogP contribution in [0.15, 0.2) is 12.4 Å². The molecule has 1 unspecified atom stereocenters. The molecule has 5 heteroatoms. The molecule has 0 radical (unpaired) electrons. The van der Waals surface area contributed by atoms with E-state index < -0.39 is 0 Å². The van der Waals surface area contributed by atoms with E-state index >= 15 is 0 Å². The third kappa shape index (κ3) is 1.39. The molecule has 16 heavy (non-hydrogen) atoms. The maximum atomic E-state index is 4.29. The normalized spacial score (nSPS) is 18.6. The second-order valence-electron chi connectivity index (χ2n) is 4.52. The molecule has 0 saturated carbocycles. The fourth-order valence-electron chi connectivity index (χ4n) is 2.09. The molecule has 84 valence electrons. The molecule has 1 atom stereocenters. The van der Waals surface area contributed by atoms with Crippen molar-refractivity contribution >= 4 is 5.65 Å². The Bertz CT molecular complexity index is 514. The summed E-state index contributed by atoms with van der Waals surface area (Å²) in [7, 11) is 0. The zero-order chi connectivity index (χ0) is 11.1. The van der Waals surface area contributed by atoms with Crippen molar-refractivity contribution in [3.8, 4) is 0 Å². The van der Waals surface area contributed by atoms with E-state index in [1.807, 2.05) is 23.7 Å². The molecule has 1 N–H and O–H groups in total. The number of nitrogens with zero attached hydrogens (tertiary/aromatic N) is 4. The monoisotopic (exact) mass is 217 g/mol. The van der Waals surface area contributed by atoms with Gasteiger partial charge in [0.1, 0.15) is 12.2 Å². The van der Waals surface area contributed by atoms with Gasteiger partial charge in [0, 0.05) is 17.7 Å². The minimum absolute atomic E-state index is 0.431. The topological polar surface area (TPSA) is 55.1 Å². The summed E-state index contributed by atoms with van der Waals surface area (Å²) >= 11 is 0. The molecule has 2 aromatic rings. The van der Waals surface area contributed by atoms with Gasteiger partial charge in [-0.2, -0.15) is 0 Å². The predicted octanol–water partition coefficient (Wildman–Crippen LogP) is 0.756. The Labute approximate surface area is 93.9 Å². The largest absolute Gasteiger partial charge is 0.316 e. The van der Waals surface area contributed by atoms with E-state index in [-0.39, 0.29) is 0 Å². The van der Waals surface area contributed by atoms with Gasteiger partial charge >= 0.3 is 0 Å². The number of hydrogen-bond acceptors (Lipinski definition) is 4. The number of aryl methyl sites for hydroxylation is 1. The maximum Gasteiger partial charge on any atom is 0.163 e. The number of fused-ring (bicyclic) bond motifs is 1. The van der Waals surface area contributed by atoms with Crippen LogP contribution in [0.2, 0.25) is 0 Å². The second kappa shape index (κ2) is 3.52. The van der Waals surface area contributed by atoms with Gasteiger partial charge in [0.25, 0.3) is 0 Å². The SMILES string of the molecule is Cc1cc2nnc(C(C)C3CNC3)n2cn1. The van der Waals surface area contributed by atoms with Gasteiger partial charge in [0.15, 0.2) is 5.65 Å². The van der Waals surface area contributed by atoms with Gasteiger partial charge in [0.2, 0.25) is 0 Å². The Hall–Kier alpha value is -1.49. The lowest BCUT2D eigenvalue weighted by Gasteiger charge is -2.31. The highest BCUT2D eigenvalue weighted by Gasteiger charge is 2.27. The second-order valence-corrected chi connectivity index (χ2v) is 4.52. The van der Waals surface area contributed by atoms with Crippen molar-refractivity contribution in [2.45, 2.75) is 19.8 Å². The quantitative estimate of drug-likeness (QED) is 0.806. The summed E-state index contributed by atoms with van der Waals surface area (Å²) in [6.07, 6.45) is 1.82. The molecular weight excluding hydrogens is 202 g/mol. The highest BCUT2D eigenvalue weighted by atomic mass is 15.3. The minimum Gasteiger partial charge on any atom is -0.316 e. The van der Waals surface area contributed by atoms with E-state index in [4.69, 9.17) is 0 Å². The van der Waals surface area contributed by atoms with Crippen molar-refractivity contribution in [2.24, 2.45) is 5.92 Å². The number of nitrogens with one attached hydrogen (secondary N) is 1. The van der Waals surface area contributed by atoms with Gasteiger partial charge < -0.3 is 5.32 Å². The Morgan fingerprint density at radius 2 is 2.25 bits per heavy atom. The summed E-state index contributed by atoms with van der Waals surface area (Å²) in [4.78, 5) is 4.29. The van der Waals surface area contributed by atoms with E-state index in [0.717, 1.165) is 30.3 Å². The first-order chi connectivity index (χ1) is 7.75. The van der Waals surface area contributed by atoms with Crippen molar-refractivity contribution in [3.63, 3.8) is 0 Å².